The lowest BCUT2D eigenvalue weighted by Gasteiger charge is -2.24. The fourth-order valence-corrected chi connectivity index (χ4v) is 8.11. The third kappa shape index (κ3) is 7.02. The smallest absolute Gasteiger partial charge is 0.160 e. The van der Waals surface area contributed by atoms with Gasteiger partial charge in [0.15, 0.2) is 5.82 Å². The summed E-state index contributed by atoms with van der Waals surface area (Å²) in [6.45, 7) is 0. The molecular formula is C46H40N4S. The highest BCUT2D eigenvalue weighted by atomic mass is 32.2. The van der Waals surface area contributed by atoms with Crippen LogP contribution < -0.4 is 11.5 Å². The average Bonchev–Trinajstić information content (AvgIpc) is 3.21. The molecule has 0 saturated heterocycles. The molecule has 6 aromatic rings. The van der Waals surface area contributed by atoms with Crippen LogP contribution in [-0.4, -0.2) is 15.3 Å². The van der Waals surface area contributed by atoms with E-state index < -0.39 is 0 Å². The highest BCUT2D eigenvalue weighted by Gasteiger charge is 2.22. The molecule has 250 valence electrons. The number of aromatic nitrogens is 2. The Hall–Kier alpha value is -5.33. The standard InChI is InChI=1S/C46H40N4S/c47-44(33-18-6-2-7-19-33)51-45(48)40-26-13-12-25-38(40)39-28-27-31-15-10-11-24-37(31)43(39)36-23-14-22-35(29-36)42-30-41(32-16-4-1-5-17-32)49-46(50-42)34-20-8-3-9-21-34/h2-4,6,8-18,20-30,44-45H,1,5,7,19,47-48H2. The molecule has 2 aliphatic rings. The van der Waals surface area contributed by atoms with Gasteiger partial charge in [0.2, 0.25) is 0 Å². The minimum absolute atomic E-state index is 0.163. The molecule has 5 aromatic carbocycles. The van der Waals surface area contributed by atoms with Gasteiger partial charge in [-0.2, -0.15) is 0 Å². The number of allylic oxidation sites excluding steroid dienone is 7. The van der Waals surface area contributed by atoms with E-state index in [1.54, 1.807) is 11.8 Å². The molecule has 0 bridgehead atoms. The maximum atomic E-state index is 6.99. The molecule has 2 atom stereocenters. The first-order chi connectivity index (χ1) is 25.1. The normalized spacial score (nSPS) is 15.3. The fourth-order valence-electron chi connectivity index (χ4n) is 7.07. The first-order valence-corrected chi connectivity index (χ1v) is 18.6. The summed E-state index contributed by atoms with van der Waals surface area (Å²) in [6.07, 6.45) is 17.2. The second-order valence-electron chi connectivity index (χ2n) is 13.0. The Morgan fingerprint density at radius 3 is 2.24 bits per heavy atom. The van der Waals surface area contributed by atoms with Gasteiger partial charge in [-0.3, -0.25) is 0 Å². The summed E-state index contributed by atoms with van der Waals surface area (Å²) in [5, 5.41) is 1.91. The second kappa shape index (κ2) is 14.9. The van der Waals surface area contributed by atoms with Gasteiger partial charge in [0, 0.05) is 11.1 Å². The molecule has 1 heterocycles. The maximum Gasteiger partial charge on any atom is 0.160 e. The molecule has 4 N–H and O–H groups in total. The second-order valence-corrected chi connectivity index (χ2v) is 14.3. The van der Waals surface area contributed by atoms with Crippen LogP contribution in [0.15, 0.2) is 163 Å². The Labute approximate surface area is 304 Å². The molecule has 0 amide bonds. The van der Waals surface area contributed by atoms with E-state index in [0.717, 1.165) is 81.8 Å². The number of hydrogen-bond donors (Lipinski definition) is 2. The summed E-state index contributed by atoms with van der Waals surface area (Å²) < 4.78 is 0. The molecule has 51 heavy (non-hydrogen) atoms. The van der Waals surface area contributed by atoms with Crippen LogP contribution in [0.5, 0.6) is 0 Å². The largest absolute Gasteiger partial charge is 0.316 e. The molecule has 4 nitrogen and oxygen atoms in total. The number of nitrogens with zero attached hydrogens (tertiary/aromatic N) is 2. The topological polar surface area (TPSA) is 77.8 Å². The Balaban J connectivity index is 1.25. The maximum absolute atomic E-state index is 6.99. The van der Waals surface area contributed by atoms with Gasteiger partial charge in [-0.05, 0) is 87.6 Å². The molecule has 0 saturated carbocycles. The van der Waals surface area contributed by atoms with Crippen molar-refractivity contribution in [2.45, 2.75) is 36.4 Å². The van der Waals surface area contributed by atoms with E-state index in [4.69, 9.17) is 21.4 Å². The summed E-state index contributed by atoms with van der Waals surface area (Å²) >= 11 is 1.62. The summed E-state index contributed by atoms with van der Waals surface area (Å²) in [5.41, 5.74) is 25.5. The molecule has 1 aromatic heterocycles. The lowest BCUT2D eigenvalue weighted by Crippen LogP contribution is -2.23. The van der Waals surface area contributed by atoms with Gasteiger partial charge in [-0.15, -0.1) is 11.8 Å². The zero-order valence-electron chi connectivity index (χ0n) is 28.5. The fraction of sp³-hybridized carbons (Fsp3) is 0.130. The van der Waals surface area contributed by atoms with E-state index in [9.17, 15) is 0 Å². The van der Waals surface area contributed by atoms with Crippen molar-refractivity contribution < 1.29 is 0 Å². The third-order valence-electron chi connectivity index (χ3n) is 9.69. The molecule has 2 aliphatic carbocycles. The van der Waals surface area contributed by atoms with Crippen LogP contribution in [0.2, 0.25) is 0 Å². The van der Waals surface area contributed by atoms with Crippen molar-refractivity contribution >= 4 is 28.1 Å². The minimum Gasteiger partial charge on any atom is -0.316 e. The summed E-state index contributed by atoms with van der Waals surface area (Å²) in [6, 6.07) is 42.7. The summed E-state index contributed by atoms with van der Waals surface area (Å²) in [7, 11) is 0. The first-order valence-electron chi connectivity index (χ1n) is 17.7. The first kappa shape index (κ1) is 32.9. The van der Waals surface area contributed by atoms with Crippen LogP contribution in [0.3, 0.4) is 0 Å². The Morgan fingerprint density at radius 1 is 0.608 bits per heavy atom. The van der Waals surface area contributed by atoms with Crippen LogP contribution in [0.4, 0.5) is 0 Å². The number of rotatable bonds is 9. The van der Waals surface area contributed by atoms with Crippen molar-refractivity contribution in [3.05, 3.63) is 175 Å². The Morgan fingerprint density at radius 2 is 1.39 bits per heavy atom. The molecule has 0 radical (unpaired) electrons. The van der Waals surface area contributed by atoms with Gasteiger partial charge in [0.25, 0.3) is 0 Å². The van der Waals surface area contributed by atoms with Crippen LogP contribution in [0, 0.1) is 0 Å². The van der Waals surface area contributed by atoms with Crippen LogP contribution in [-0.2, 0) is 0 Å². The van der Waals surface area contributed by atoms with Gasteiger partial charge in [-0.25, -0.2) is 9.97 Å². The Bertz CT molecular complexity index is 2340. The number of hydrogen-bond acceptors (Lipinski definition) is 5. The predicted octanol–water partition coefficient (Wildman–Crippen LogP) is 11.3. The van der Waals surface area contributed by atoms with Gasteiger partial charge in [-0.1, -0.05) is 146 Å². The molecule has 0 fully saturated rings. The van der Waals surface area contributed by atoms with Crippen LogP contribution >= 0.6 is 11.8 Å². The van der Waals surface area contributed by atoms with Crippen molar-refractivity contribution in [2.75, 3.05) is 0 Å². The lowest BCUT2D eigenvalue weighted by atomic mass is 9.87. The third-order valence-corrected chi connectivity index (χ3v) is 10.8. The van der Waals surface area contributed by atoms with Crippen LogP contribution in [0.1, 0.15) is 42.3 Å². The highest BCUT2D eigenvalue weighted by Crippen LogP contribution is 2.43. The van der Waals surface area contributed by atoms with Crippen molar-refractivity contribution in [3.8, 4) is 44.9 Å². The van der Waals surface area contributed by atoms with E-state index in [1.807, 2.05) is 18.2 Å². The predicted molar refractivity (Wildman–Crippen MR) is 217 cm³/mol. The average molecular weight is 681 g/mol. The molecule has 5 heteroatoms. The van der Waals surface area contributed by atoms with Gasteiger partial charge >= 0.3 is 0 Å². The van der Waals surface area contributed by atoms with Crippen LogP contribution in [0.25, 0.3) is 61.2 Å². The number of fused-ring (bicyclic) bond motifs is 1. The molecular weight excluding hydrogens is 641 g/mol. The molecule has 0 spiro atoms. The molecule has 2 unspecified atom stereocenters. The van der Waals surface area contributed by atoms with E-state index in [-0.39, 0.29) is 10.7 Å². The molecule has 8 rings (SSSR count). The van der Waals surface area contributed by atoms with Crippen molar-refractivity contribution in [2.24, 2.45) is 11.5 Å². The van der Waals surface area contributed by atoms with Crippen molar-refractivity contribution in [3.63, 3.8) is 0 Å². The monoisotopic (exact) mass is 680 g/mol. The zero-order valence-corrected chi connectivity index (χ0v) is 29.3. The summed E-state index contributed by atoms with van der Waals surface area (Å²) in [4.78, 5) is 10.2. The SMILES string of the molecule is NC(SC(N)c1ccccc1-c1ccc2ccccc2c1-c1cccc(-c2cc(C3=CCCC=C3)nc(-c3ccccc3)n2)c1)C1=CC=CCC1. The quantitative estimate of drug-likeness (QED) is 0.149. The van der Waals surface area contributed by atoms with Crippen molar-refractivity contribution in [1.82, 2.24) is 9.97 Å². The van der Waals surface area contributed by atoms with E-state index in [2.05, 4.69) is 140 Å². The number of benzene rings is 5. The molecule has 0 aliphatic heterocycles. The lowest BCUT2D eigenvalue weighted by molar-refractivity contribution is 0.878. The van der Waals surface area contributed by atoms with E-state index >= 15 is 0 Å². The van der Waals surface area contributed by atoms with Gasteiger partial charge < -0.3 is 11.5 Å². The number of nitrogens with two attached hydrogens (primary N) is 2. The highest BCUT2D eigenvalue weighted by molar-refractivity contribution is 8.00. The number of thioether (sulfide) groups is 1. The summed E-state index contributed by atoms with van der Waals surface area (Å²) in [5.74, 6) is 0.720. The van der Waals surface area contributed by atoms with E-state index in [0.29, 0.717) is 0 Å². The minimum atomic E-state index is -0.298. The Kier molecular flexibility index (Phi) is 9.58. The van der Waals surface area contributed by atoms with E-state index in [1.165, 1.54) is 21.9 Å². The van der Waals surface area contributed by atoms with Crippen molar-refractivity contribution in [1.29, 1.82) is 0 Å². The van der Waals surface area contributed by atoms with Gasteiger partial charge in [0.1, 0.15) is 0 Å². The zero-order chi connectivity index (χ0) is 34.6. The van der Waals surface area contributed by atoms with Gasteiger partial charge in [0.05, 0.1) is 22.1 Å².